The van der Waals surface area contributed by atoms with E-state index in [1.54, 1.807) is 5.38 Å². The molecule has 0 unspecified atom stereocenters. The number of aromatic nitrogens is 1. The van der Waals surface area contributed by atoms with E-state index in [-0.39, 0.29) is 4.99 Å². The number of thiocarbonyl (C=S) groups is 1. The van der Waals surface area contributed by atoms with E-state index < -0.39 is 0 Å². The standard InChI is InChI=1S/C6H8N4OS2/c1-11-10-4(5(7)12)3-2-13-6(8)9-3/h2H,1H3,(H2,7,12)(H2,8,9). The van der Waals surface area contributed by atoms with Crippen LogP contribution >= 0.6 is 23.6 Å². The number of hydrogen-bond acceptors (Lipinski definition) is 6. The van der Waals surface area contributed by atoms with Gasteiger partial charge in [0.1, 0.15) is 17.8 Å². The molecule has 0 aliphatic rings. The summed E-state index contributed by atoms with van der Waals surface area (Å²) in [7, 11) is 1.41. The first-order valence-electron chi connectivity index (χ1n) is 3.27. The summed E-state index contributed by atoms with van der Waals surface area (Å²) in [6.07, 6.45) is 0. The smallest absolute Gasteiger partial charge is 0.180 e. The first kappa shape index (κ1) is 9.87. The van der Waals surface area contributed by atoms with E-state index >= 15 is 0 Å². The fraction of sp³-hybridized carbons (Fsp3) is 0.167. The minimum Gasteiger partial charge on any atom is -0.399 e. The molecule has 0 amide bonds. The van der Waals surface area contributed by atoms with Gasteiger partial charge in [0.2, 0.25) is 0 Å². The molecule has 0 atom stereocenters. The number of hydrogen-bond donors (Lipinski definition) is 2. The molecule has 0 aliphatic heterocycles. The molecule has 0 aliphatic carbocycles. The van der Waals surface area contributed by atoms with Crippen molar-refractivity contribution in [1.82, 2.24) is 4.98 Å². The first-order valence-corrected chi connectivity index (χ1v) is 4.56. The fourth-order valence-corrected chi connectivity index (χ4v) is 1.40. The van der Waals surface area contributed by atoms with Crippen LogP contribution in [-0.4, -0.2) is 22.8 Å². The molecule has 0 spiro atoms. The van der Waals surface area contributed by atoms with Gasteiger partial charge < -0.3 is 16.3 Å². The van der Waals surface area contributed by atoms with Crippen molar-refractivity contribution in [3.05, 3.63) is 11.1 Å². The van der Waals surface area contributed by atoms with Gasteiger partial charge in [0, 0.05) is 5.38 Å². The van der Waals surface area contributed by atoms with Crippen LogP contribution in [0.5, 0.6) is 0 Å². The Balaban J connectivity index is 3.02. The highest BCUT2D eigenvalue weighted by molar-refractivity contribution is 7.82. The summed E-state index contributed by atoms with van der Waals surface area (Å²) in [4.78, 5) is 8.67. The van der Waals surface area contributed by atoms with Gasteiger partial charge in [0.25, 0.3) is 0 Å². The maximum absolute atomic E-state index is 5.44. The second-order valence-corrected chi connectivity index (χ2v) is 3.39. The van der Waals surface area contributed by atoms with Crippen molar-refractivity contribution in [1.29, 1.82) is 0 Å². The van der Waals surface area contributed by atoms with Gasteiger partial charge in [-0.15, -0.1) is 11.3 Å². The van der Waals surface area contributed by atoms with Crippen LogP contribution in [0.25, 0.3) is 0 Å². The molecule has 0 radical (unpaired) electrons. The Morgan fingerprint density at radius 2 is 2.46 bits per heavy atom. The summed E-state index contributed by atoms with van der Waals surface area (Å²) >= 11 is 6.06. The third-order valence-electron chi connectivity index (χ3n) is 1.18. The molecule has 13 heavy (non-hydrogen) atoms. The molecule has 4 N–H and O–H groups in total. The third kappa shape index (κ3) is 2.36. The molecule has 70 valence electrons. The van der Waals surface area contributed by atoms with Gasteiger partial charge in [-0.3, -0.25) is 0 Å². The molecular weight excluding hydrogens is 208 g/mol. The lowest BCUT2D eigenvalue weighted by molar-refractivity contribution is 0.214. The summed E-state index contributed by atoms with van der Waals surface area (Å²) in [6.45, 7) is 0. The van der Waals surface area contributed by atoms with Crippen LogP contribution in [0.3, 0.4) is 0 Å². The Labute approximate surface area is 84.4 Å². The summed E-state index contributed by atoms with van der Waals surface area (Å²) in [6, 6.07) is 0. The van der Waals surface area contributed by atoms with Gasteiger partial charge in [-0.25, -0.2) is 4.98 Å². The lowest BCUT2D eigenvalue weighted by atomic mass is 10.3. The van der Waals surface area contributed by atoms with Gasteiger partial charge in [-0.05, 0) is 0 Å². The van der Waals surface area contributed by atoms with Crippen LogP contribution in [-0.2, 0) is 4.84 Å². The zero-order valence-corrected chi connectivity index (χ0v) is 8.48. The molecule has 1 heterocycles. The van der Waals surface area contributed by atoms with E-state index in [1.165, 1.54) is 18.4 Å². The number of oxime groups is 1. The molecule has 7 heteroatoms. The van der Waals surface area contributed by atoms with Crippen molar-refractivity contribution in [3.8, 4) is 0 Å². The van der Waals surface area contributed by atoms with Crippen molar-refractivity contribution >= 4 is 39.4 Å². The number of nitrogens with zero attached hydrogens (tertiary/aromatic N) is 2. The lowest BCUT2D eigenvalue weighted by Gasteiger charge is -1.97. The molecule has 0 fully saturated rings. The van der Waals surface area contributed by atoms with Crippen LogP contribution in [0.2, 0.25) is 0 Å². The van der Waals surface area contributed by atoms with Gasteiger partial charge in [-0.1, -0.05) is 17.4 Å². The largest absolute Gasteiger partial charge is 0.399 e. The first-order chi connectivity index (χ1) is 6.15. The Kier molecular flexibility index (Phi) is 3.15. The molecule has 0 saturated heterocycles. The number of anilines is 1. The molecule has 0 saturated carbocycles. The van der Waals surface area contributed by atoms with E-state index in [0.717, 1.165) is 0 Å². The average Bonchev–Trinajstić information content (AvgIpc) is 2.46. The summed E-state index contributed by atoms with van der Waals surface area (Å²) < 4.78 is 0. The van der Waals surface area contributed by atoms with E-state index in [0.29, 0.717) is 16.5 Å². The minimum absolute atomic E-state index is 0.132. The van der Waals surface area contributed by atoms with Crippen molar-refractivity contribution in [2.24, 2.45) is 10.9 Å². The van der Waals surface area contributed by atoms with Crippen LogP contribution in [0.4, 0.5) is 5.13 Å². The molecule has 1 aromatic heterocycles. The van der Waals surface area contributed by atoms with Crippen LogP contribution in [0.1, 0.15) is 5.69 Å². The van der Waals surface area contributed by atoms with Gasteiger partial charge in [0.05, 0.1) is 0 Å². The molecule has 1 rings (SSSR count). The maximum atomic E-state index is 5.44. The highest BCUT2D eigenvalue weighted by Gasteiger charge is 2.11. The van der Waals surface area contributed by atoms with Crippen molar-refractivity contribution < 1.29 is 4.84 Å². The zero-order valence-electron chi connectivity index (χ0n) is 6.85. The van der Waals surface area contributed by atoms with Gasteiger partial charge in [-0.2, -0.15) is 0 Å². The Morgan fingerprint density at radius 1 is 1.77 bits per heavy atom. The number of nitrogens with two attached hydrogens (primary N) is 2. The third-order valence-corrected chi connectivity index (χ3v) is 2.05. The molecule has 0 bridgehead atoms. The SMILES string of the molecule is CON=C(C(N)=S)c1csc(N)n1. The summed E-state index contributed by atoms with van der Waals surface area (Å²) in [5.41, 5.74) is 11.7. The van der Waals surface area contributed by atoms with Crippen LogP contribution < -0.4 is 11.5 Å². The van der Waals surface area contributed by atoms with Crippen molar-refractivity contribution in [2.75, 3.05) is 12.8 Å². The topological polar surface area (TPSA) is 86.5 Å². The van der Waals surface area contributed by atoms with Crippen LogP contribution in [0, 0.1) is 0 Å². The second kappa shape index (κ2) is 4.15. The number of nitrogen functional groups attached to an aromatic ring is 1. The van der Waals surface area contributed by atoms with E-state index in [1.807, 2.05) is 0 Å². The molecular formula is C6H8N4OS2. The van der Waals surface area contributed by atoms with Gasteiger partial charge in [0.15, 0.2) is 10.8 Å². The van der Waals surface area contributed by atoms with Gasteiger partial charge >= 0.3 is 0 Å². The molecule has 1 aromatic rings. The highest BCUT2D eigenvalue weighted by atomic mass is 32.1. The minimum atomic E-state index is 0.132. The number of rotatable bonds is 3. The van der Waals surface area contributed by atoms with Crippen LogP contribution in [0.15, 0.2) is 10.5 Å². The predicted octanol–water partition coefficient (Wildman–Crippen LogP) is 0.362. The monoisotopic (exact) mass is 216 g/mol. The van der Waals surface area contributed by atoms with E-state index in [9.17, 15) is 0 Å². The fourth-order valence-electron chi connectivity index (χ4n) is 0.706. The summed E-state index contributed by atoms with van der Waals surface area (Å²) in [5.74, 6) is 0. The zero-order chi connectivity index (χ0) is 9.84. The molecule has 0 aromatic carbocycles. The number of thiazole rings is 1. The average molecular weight is 216 g/mol. The Bertz CT molecular complexity index is 346. The molecule has 5 nitrogen and oxygen atoms in total. The Morgan fingerprint density at radius 3 is 2.85 bits per heavy atom. The predicted molar refractivity (Wildman–Crippen MR) is 56.9 cm³/mol. The van der Waals surface area contributed by atoms with E-state index in [4.69, 9.17) is 23.7 Å². The highest BCUT2D eigenvalue weighted by Crippen LogP contribution is 2.12. The summed E-state index contributed by atoms with van der Waals surface area (Å²) in [5, 5.41) is 5.80. The second-order valence-electron chi connectivity index (χ2n) is 2.06. The quantitative estimate of drug-likeness (QED) is 0.433. The van der Waals surface area contributed by atoms with Crippen molar-refractivity contribution in [3.63, 3.8) is 0 Å². The maximum Gasteiger partial charge on any atom is 0.180 e. The normalized spacial score (nSPS) is 11.3. The van der Waals surface area contributed by atoms with Crippen molar-refractivity contribution in [2.45, 2.75) is 0 Å². The Hall–Kier alpha value is -1.21. The van der Waals surface area contributed by atoms with E-state index in [2.05, 4.69) is 15.0 Å². The lowest BCUT2D eigenvalue weighted by Crippen LogP contribution is -2.22.